The number of nitrogens with one attached hydrogen (secondary N) is 1. The van der Waals surface area contributed by atoms with Crippen LogP contribution in [0.2, 0.25) is 0 Å². The van der Waals surface area contributed by atoms with Gasteiger partial charge in [-0.1, -0.05) is 62.4 Å². The molecule has 2 aromatic heterocycles. The van der Waals surface area contributed by atoms with Crippen LogP contribution in [-0.2, 0) is 19.4 Å². The highest BCUT2D eigenvalue weighted by molar-refractivity contribution is 5.80. The number of aromatic amines is 1. The maximum atomic E-state index is 13.2. The highest BCUT2D eigenvalue weighted by Gasteiger charge is 2.32. The lowest BCUT2D eigenvalue weighted by molar-refractivity contribution is -0.143. The van der Waals surface area contributed by atoms with E-state index in [-0.39, 0.29) is 25.0 Å². The summed E-state index contributed by atoms with van der Waals surface area (Å²) in [7, 11) is 0. The number of benzene rings is 2. The summed E-state index contributed by atoms with van der Waals surface area (Å²) in [5, 5.41) is 27.7. The maximum Gasteiger partial charge on any atom is 0.408 e. The third-order valence-electron chi connectivity index (χ3n) is 5.50. The number of nitrogens with zero attached hydrogens (tertiary/aromatic N) is 5. The molecule has 11 heteroatoms. The smallest absolute Gasteiger partial charge is 0.408 e. The second-order valence-electron chi connectivity index (χ2n) is 8.83. The van der Waals surface area contributed by atoms with Crippen LogP contribution < -0.4 is 4.74 Å². The lowest BCUT2D eigenvalue weighted by atomic mass is 9.96. The van der Waals surface area contributed by atoms with Crippen LogP contribution in [0.5, 0.6) is 5.88 Å². The van der Waals surface area contributed by atoms with Crippen molar-refractivity contribution in [3.8, 4) is 28.4 Å². The van der Waals surface area contributed by atoms with Gasteiger partial charge in [0.2, 0.25) is 11.7 Å². The summed E-state index contributed by atoms with van der Waals surface area (Å²) in [5.41, 5.74) is 4.74. The summed E-state index contributed by atoms with van der Waals surface area (Å²) in [6.45, 7) is 2.27. The first-order chi connectivity index (χ1) is 17.2. The van der Waals surface area contributed by atoms with E-state index in [2.05, 4.69) is 25.7 Å². The van der Waals surface area contributed by atoms with Crippen molar-refractivity contribution in [2.75, 3.05) is 13.2 Å². The fourth-order valence-electron chi connectivity index (χ4n) is 4.05. The molecule has 0 saturated carbocycles. The molecule has 0 bridgehead atoms. The Morgan fingerprint density at radius 1 is 1.06 bits per heavy atom. The average Bonchev–Trinajstić information content (AvgIpc) is 3.46. The predicted molar refractivity (Wildman–Crippen MR) is 127 cm³/mol. The first-order valence-corrected chi connectivity index (χ1v) is 11.6. The minimum atomic E-state index is -4.45. The Kier molecular flexibility index (Phi) is 7.68. The van der Waals surface area contributed by atoms with Crippen molar-refractivity contribution in [3.05, 3.63) is 65.4 Å². The summed E-state index contributed by atoms with van der Waals surface area (Å²) in [5.74, 6) is 0.715. The molecule has 0 aliphatic carbocycles. The number of rotatable bonds is 10. The van der Waals surface area contributed by atoms with Crippen LogP contribution in [0.25, 0.3) is 22.5 Å². The first kappa shape index (κ1) is 25.4. The second-order valence-corrected chi connectivity index (χ2v) is 8.83. The molecule has 4 aromatic rings. The van der Waals surface area contributed by atoms with E-state index in [1.807, 2.05) is 62.4 Å². The van der Waals surface area contributed by atoms with Crippen LogP contribution in [0.3, 0.4) is 0 Å². The molecular formula is C25H27F3N6O2. The van der Waals surface area contributed by atoms with Crippen molar-refractivity contribution in [1.29, 1.82) is 0 Å². The Labute approximate surface area is 206 Å². The van der Waals surface area contributed by atoms with Gasteiger partial charge in [0.1, 0.15) is 13.2 Å². The minimum absolute atomic E-state index is 0.0450. The molecule has 0 radical (unpaired) electrons. The van der Waals surface area contributed by atoms with Crippen molar-refractivity contribution < 1.29 is 23.0 Å². The molecule has 2 N–H and O–H groups in total. The van der Waals surface area contributed by atoms with E-state index in [9.17, 15) is 18.3 Å². The van der Waals surface area contributed by atoms with E-state index in [1.165, 1.54) is 0 Å². The average molecular weight is 501 g/mol. The zero-order valence-electron chi connectivity index (χ0n) is 20.0. The predicted octanol–water partition coefficient (Wildman–Crippen LogP) is 4.45. The summed E-state index contributed by atoms with van der Waals surface area (Å²) >= 11 is 0. The highest BCUT2D eigenvalue weighted by atomic mass is 19.4. The Hall–Kier alpha value is -3.73. The van der Waals surface area contributed by atoms with Gasteiger partial charge >= 0.3 is 6.18 Å². The molecule has 0 aliphatic rings. The summed E-state index contributed by atoms with van der Waals surface area (Å²) < 4.78 is 46.1. The summed E-state index contributed by atoms with van der Waals surface area (Å²) in [6, 6.07) is 15.4. The largest absolute Gasteiger partial charge is 0.475 e. The van der Waals surface area contributed by atoms with E-state index < -0.39 is 12.7 Å². The van der Waals surface area contributed by atoms with E-state index in [0.29, 0.717) is 29.9 Å². The van der Waals surface area contributed by atoms with Crippen LogP contribution >= 0.6 is 0 Å². The van der Waals surface area contributed by atoms with Crippen LogP contribution in [0.4, 0.5) is 13.2 Å². The van der Waals surface area contributed by atoms with Gasteiger partial charge in [-0.15, -0.1) is 10.2 Å². The molecule has 2 heterocycles. The molecule has 0 saturated heterocycles. The number of H-pyrrole nitrogens is 1. The van der Waals surface area contributed by atoms with Crippen LogP contribution in [-0.4, -0.2) is 54.9 Å². The Morgan fingerprint density at radius 3 is 2.39 bits per heavy atom. The Morgan fingerprint density at radius 2 is 1.78 bits per heavy atom. The van der Waals surface area contributed by atoms with Crippen LogP contribution in [0.1, 0.15) is 30.7 Å². The summed E-state index contributed by atoms with van der Waals surface area (Å²) in [6.07, 6.45) is -3.61. The molecule has 4 rings (SSSR count). The third kappa shape index (κ3) is 6.09. The quantitative estimate of drug-likeness (QED) is 0.334. The fraction of sp³-hybridized carbons (Fsp3) is 0.360. The maximum absolute atomic E-state index is 13.2. The number of hydrogen-bond acceptors (Lipinski definition) is 6. The molecule has 0 unspecified atom stereocenters. The van der Waals surface area contributed by atoms with Crippen molar-refractivity contribution in [2.24, 2.45) is 5.92 Å². The van der Waals surface area contributed by atoms with Crippen molar-refractivity contribution >= 4 is 0 Å². The van der Waals surface area contributed by atoms with Crippen molar-refractivity contribution in [1.82, 2.24) is 30.4 Å². The highest BCUT2D eigenvalue weighted by Crippen LogP contribution is 2.33. The number of aliphatic hydroxyl groups is 1. The zero-order valence-corrected chi connectivity index (χ0v) is 20.0. The van der Waals surface area contributed by atoms with Gasteiger partial charge in [0.15, 0.2) is 0 Å². The van der Waals surface area contributed by atoms with Gasteiger partial charge in [0.05, 0.1) is 12.3 Å². The van der Waals surface area contributed by atoms with Gasteiger partial charge in [-0.05, 0) is 34.2 Å². The van der Waals surface area contributed by atoms with Gasteiger partial charge < -0.3 is 9.84 Å². The SMILES string of the molecule is CC(C)Cc1nn(CC(F)(F)F)c(OCCO)c1Cc1ccc(-c2ccccc2-c2nn[nH]n2)cc1. The fourth-order valence-corrected chi connectivity index (χ4v) is 4.05. The molecular weight excluding hydrogens is 473 g/mol. The van der Waals surface area contributed by atoms with E-state index >= 15 is 0 Å². The van der Waals surface area contributed by atoms with Gasteiger partial charge in [-0.2, -0.15) is 23.5 Å². The van der Waals surface area contributed by atoms with Crippen molar-refractivity contribution in [3.63, 3.8) is 0 Å². The van der Waals surface area contributed by atoms with E-state index in [1.54, 1.807) is 0 Å². The van der Waals surface area contributed by atoms with E-state index in [4.69, 9.17) is 4.74 Å². The summed E-state index contributed by atoms with van der Waals surface area (Å²) in [4.78, 5) is 0. The standard InChI is InChI=1S/C25H27F3N6O2/c1-16(2)13-22-21(24(36-12-11-35)34(31-22)15-25(26,27)28)14-17-7-9-18(10-8-17)19-5-3-4-6-20(19)23-29-32-33-30-23/h3-10,16,35H,11-15H2,1-2H3,(H,29,30,32,33). The molecule has 8 nitrogen and oxygen atoms in total. The second kappa shape index (κ2) is 10.9. The molecule has 0 amide bonds. The van der Waals surface area contributed by atoms with E-state index in [0.717, 1.165) is 26.9 Å². The lowest BCUT2D eigenvalue weighted by Crippen LogP contribution is -2.20. The van der Waals surface area contributed by atoms with Gasteiger partial charge in [-0.25, -0.2) is 4.68 Å². The number of hydrogen-bond donors (Lipinski definition) is 2. The molecule has 2 aromatic carbocycles. The van der Waals surface area contributed by atoms with Gasteiger partial charge in [0.25, 0.3) is 0 Å². The number of alkyl halides is 3. The molecule has 0 fully saturated rings. The normalized spacial score (nSPS) is 11.9. The molecule has 190 valence electrons. The Balaban J connectivity index is 1.67. The van der Waals surface area contributed by atoms with Gasteiger partial charge in [0, 0.05) is 17.5 Å². The molecule has 0 atom stereocenters. The Bertz CT molecular complexity index is 1270. The minimum Gasteiger partial charge on any atom is -0.475 e. The number of aromatic nitrogens is 6. The molecule has 0 aliphatic heterocycles. The number of ether oxygens (including phenoxy) is 1. The van der Waals surface area contributed by atoms with Crippen LogP contribution in [0, 0.1) is 5.92 Å². The zero-order chi connectivity index (χ0) is 25.7. The monoisotopic (exact) mass is 500 g/mol. The number of halogens is 3. The third-order valence-corrected chi connectivity index (χ3v) is 5.50. The van der Waals surface area contributed by atoms with Gasteiger partial charge in [-0.3, -0.25) is 0 Å². The molecule has 36 heavy (non-hydrogen) atoms. The van der Waals surface area contributed by atoms with Crippen molar-refractivity contribution in [2.45, 2.75) is 39.4 Å². The topological polar surface area (TPSA) is 102 Å². The first-order valence-electron chi connectivity index (χ1n) is 11.6. The molecule has 0 spiro atoms. The van der Waals surface area contributed by atoms with Crippen LogP contribution in [0.15, 0.2) is 48.5 Å². The number of tetrazole rings is 1. The number of aliphatic hydroxyl groups excluding tert-OH is 1. The lowest BCUT2D eigenvalue weighted by Gasteiger charge is -2.13.